The molecule has 0 aromatic carbocycles. The fourth-order valence-electron chi connectivity index (χ4n) is 5.00. The van der Waals surface area contributed by atoms with Crippen molar-refractivity contribution in [3.05, 3.63) is 64.7 Å². The molecule has 0 bridgehead atoms. The van der Waals surface area contributed by atoms with Gasteiger partial charge in [-0.25, -0.2) is 0 Å². The number of rotatable bonds is 3. The zero-order valence-electron chi connectivity index (χ0n) is 22.9. The average molecular weight is 480 g/mol. The first kappa shape index (κ1) is 27.6. The average Bonchev–Trinajstić information content (AvgIpc) is 3.12. The summed E-state index contributed by atoms with van der Waals surface area (Å²) >= 11 is 0. The van der Waals surface area contributed by atoms with Gasteiger partial charge in [0, 0.05) is 62.4 Å². The van der Waals surface area contributed by atoms with Crippen molar-refractivity contribution in [3.8, 4) is 0 Å². The Morgan fingerprint density at radius 1 is 1.00 bits per heavy atom. The van der Waals surface area contributed by atoms with Crippen molar-refractivity contribution in [2.75, 3.05) is 46.3 Å². The number of piperazine rings is 1. The first-order valence-electron chi connectivity index (χ1n) is 13.9. The number of aromatic nitrogens is 1. The van der Waals surface area contributed by atoms with E-state index in [1.165, 1.54) is 80.8 Å². The minimum Gasteiger partial charge on any atom is -0.369 e. The van der Waals surface area contributed by atoms with Crippen LogP contribution in [0.25, 0.3) is 0 Å². The quantitative estimate of drug-likeness (QED) is 0.657. The summed E-state index contributed by atoms with van der Waals surface area (Å²) < 4.78 is 0. The SMILES string of the molecule is CC(C)N1CCN(C2=CCC=CC3=C2CCNC3)CC1.CNC(C)C.c1cnc2c(c1)CCCC2. The van der Waals surface area contributed by atoms with Crippen molar-refractivity contribution in [2.45, 2.75) is 78.3 Å². The van der Waals surface area contributed by atoms with Crippen molar-refractivity contribution in [2.24, 2.45) is 0 Å². The van der Waals surface area contributed by atoms with Crippen LogP contribution >= 0.6 is 0 Å². The molecule has 0 radical (unpaired) electrons. The Hall–Kier alpha value is -1.95. The molecule has 1 aromatic heterocycles. The summed E-state index contributed by atoms with van der Waals surface area (Å²) in [5, 5.41) is 6.52. The van der Waals surface area contributed by atoms with Crippen LogP contribution in [0.3, 0.4) is 0 Å². The van der Waals surface area contributed by atoms with E-state index in [2.05, 4.69) is 77.4 Å². The summed E-state index contributed by atoms with van der Waals surface area (Å²) in [7, 11) is 1.95. The molecule has 5 rings (SSSR count). The summed E-state index contributed by atoms with van der Waals surface area (Å²) in [5.41, 5.74) is 7.42. The van der Waals surface area contributed by atoms with Crippen molar-refractivity contribution < 1.29 is 0 Å². The lowest BCUT2D eigenvalue weighted by Gasteiger charge is -2.40. The van der Waals surface area contributed by atoms with E-state index in [4.69, 9.17) is 0 Å². The van der Waals surface area contributed by atoms with Gasteiger partial charge in [-0.15, -0.1) is 0 Å². The Balaban J connectivity index is 0.000000189. The standard InChI is InChI=1S/C17H27N3.C9H11N.C4H11N/c1-14(2)19-9-11-20(12-10-19)17-6-4-3-5-15-13-18-8-7-16(15)17;1-2-6-9-8(4-1)5-3-7-10-9;1-4(2)5-3/h3,5-6,14,18H,4,7-13H2,1-2H3;3,5,7H,1-2,4,6H2;4-5H,1-3H3. The molecule has 0 saturated carbocycles. The van der Waals surface area contributed by atoms with E-state index in [0.29, 0.717) is 12.1 Å². The Morgan fingerprint density at radius 2 is 1.74 bits per heavy atom. The predicted octanol–water partition coefficient (Wildman–Crippen LogP) is 4.72. The molecule has 2 N–H and O–H groups in total. The molecule has 2 aliphatic carbocycles. The highest BCUT2D eigenvalue weighted by atomic mass is 15.3. The maximum atomic E-state index is 4.32. The van der Waals surface area contributed by atoms with Crippen LogP contribution < -0.4 is 10.6 Å². The lowest BCUT2D eigenvalue weighted by molar-refractivity contribution is 0.131. The predicted molar refractivity (Wildman–Crippen MR) is 150 cm³/mol. The van der Waals surface area contributed by atoms with Gasteiger partial charge in [0.2, 0.25) is 0 Å². The highest BCUT2D eigenvalue weighted by molar-refractivity contribution is 5.44. The van der Waals surface area contributed by atoms with Gasteiger partial charge in [0.15, 0.2) is 0 Å². The number of nitrogens with one attached hydrogen (secondary N) is 2. The smallest absolute Gasteiger partial charge is 0.0435 e. The molecule has 1 aromatic rings. The van der Waals surface area contributed by atoms with Crippen LogP contribution in [0.15, 0.2) is 53.4 Å². The van der Waals surface area contributed by atoms with Crippen molar-refractivity contribution in [1.29, 1.82) is 0 Å². The molecule has 0 spiro atoms. The number of fused-ring (bicyclic) bond motifs is 1. The molecule has 0 unspecified atom stereocenters. The van der Waals surface area contributed by atoms with Crippen LogP contribution in [-0.2, 0) is 12.8 Å². The Morgan fingerprint density at radius 3 is 2.43 bits per heavy atom. The minimum absolute atomic E-state index is 0.634. The number of aryl methyl sites for hydroxylation is 2. The summed E-state index contributed by atoms with van der Waals surface area (Å²) in [6, 6.07) is 5.54. The van der Waals surface area contributed by atoms with E-state index in [-0.39, 0.29) is 0 Å². The van der Waals surface area contributed by atoms with Crippen LogP contribution in [0, 0.1) is 0 Å². The van der Waals surface area contributed by atoms with Gasteiger partial charge in [0.1, 0.15) is 0 Å². The van der Waals surface area contributed by atoms with Crippen LogP contribution in [0.4, 0.5) is 0 Å². The monoisotopic (exact) mass is 479 g/mol. The van der Waals surface area contributed by atoms with Crippen LogP contribution in [0.2, 0.25) is 0 Å². The summed E-state index contributed by atoms with van der Waals surface area (Å²) in [5.74, 6) is 0. The fraction of sp³-hybridized carbons (Fsp3) is 0.633. The maximum absolute atomic E-state index is 4.32. The first-order chi connectivity index (χ1) is 17.0. The highest BCUT2D eigenvalue weighted by Crippen LogP contribution is 2.28. The summed E-state index contributed by atoms with van der Waals surface area (Å²) in [6.45, 7) is 15.7. The topological polar surface area (TPSA) is 43.4 Å². The van der Waals surface area contributed by atoms with Gasteiger partial charge in [-0.05, 0) is 88.7 Å². The Labute approximate surface area is 214 Å². The van der Waals surface area contributed by atoms with Crippen molar-refractivity contribution >= 4 is 0 Å². The van der Waals surface area contributed by atoms with E-state index in [1.807, 2.05) is 19.3 Å². The van der Waals surface area contributed by atoms with Gasteiger partial charge in [-0.3, -0.25) is 9.88 Å². The first-order valence-corrected chi connectivity index (χ1v) is 13.9. The number of allylic oxidation sites excluding steroid dienone is 3. The fourth-order valence-corrected chi connectivity index (χ4v) is 5.00. The molecule has 35 heavy (non-hydrogen) atoms. The molecular weight excluding hydrogens is 430 g/mol. The third kappa shape index (κ3) is 8.59. The molecule has 4 aliphatic rings. The van der Waals surface area contributed by atoms with E-state index in [0.717, 1.165) is 19.5 Å². The van der Waals surface area contributed by atoms with Gasteiger partial charge in [0.25, 0.3) is 0 Å². The maximum Gasteiger partial charge on any atom is 0.0435 e. The molecule has 3 heterocycles. The lowest BCUT2D eigenvalue weighted by Crippen LogP contribution is -2.48. The minimum atomic E-state index is 0.634. The second-order valence-electron chi connectivity index (χ2n) is 10.5. The van der Waals surface area contributed by atoms with Crippen LogP contribution in [-0.4, -0.2) is 73.2 Å². The number of nitrogens with zero attached hydrogens (tertiary/aromatic N) is 3. The number of hydrogen-bond donors (Lipinski definition) is 2. The molecule has 5 nitrogen and oxygen atoms in total. The van der Waals surface area contributed by atoms with Gasteiger partial charge < -0.3 is 15.5 Å². The molecule has 0 amide bonds. The van der Waals surface area contributed by atoms with Gasteiger partial charge in [-0.2, -0.15) is 0 Å². The highest BCUT2D eigenvalue weighted by Gasteiger charge is 2.24. The van der Waals surface area contributed by atoms with E-state index < -0.39 is 0 Å². The van der Waals surface area contributed by atoms with E-state index in [9.17, 15) is 0 Å². The molecule has 2 aliphatic heterocycles. The van der Waals surface area contributed by atoms with Gasteiger partial charge in [0.05, 0.1) is 0 Å². The zero-order valence-corrected chi connectivity index (χ0v) is 22.9. The Bertz CT molecular complexity index is 834. The van der Waals surface area contributed by atoms with Gasteiger partial charge >= 0.3 is 0 Å². The summed E-state index contributed by atoms with van der Waals surface area (Å²) in [4.78, 5) is 9.52. The normalized spacial score (nSPS) is 20.2. The van der Waals surface area contributed by atoms with Crippen LogP contribution in [0.1, 0.15) is 64.6 Å². The second-order valence-corrected chi connectivity index (χ2v) is 10.5. The van der Waals surface area contributed by atoms with Crippen LogP contribution in [0.5, 0.6) is 0 Å². The zero-order chi connectivity index (χ0) is 25.0. The molecule has 1 fully saturated rings. The number of hydrogen-bond acceptors (Lipinski definition) is 5. The van der Waals surface area contributed by atoms with Crippen molar-refractivity contribution in [1.82, 2.24) is 25.4 Å². The van der Waals surface area contributed by atoms with Gasteiger partial charge in [-0.1, -0.05) is 38.1 Å². The molecule has 0 atom stereocenters. The third-order valence-electron chi connectivity index (χ3n) is 7.39. The molecular formula is C30H49N5. The summed E-state index contributed by atoms with van der Waals surface area (Å²) in [6.07, 6.45) is 16.3. The number of pyridine rings is 1. The molecule has 194 valence electrons. The third-order valence-corrected chi connectivity index (χ3v) is 7.39. The largest absolute Gasteiger partial charge is 0.369 e. The molecule has 5 heteroatoms. The second kappa shape index (κ2) is 14.6. The van der Waals surface area contributed by atoms with Crippen molar-refractivity contribution in [3.63, 3.8) is 0 Å². The van der Waals surface area contributed by atoms with E-state index in [1.54, 1.807) is 5.57 Å². The lowest BCUT2D eigenvalue weighted by atomic mass is 9.96. The molecule has 1 saturated heterocycles. The Kier molecular flexibility index (Phi) is 11.5. The van der Waals surface area contributed by atoms with E-state index >= 15 is 0 Å².